The van der Waals surface area contributed by atoms with Gasteiger partial charge >= 0.3 is 5.97 Å². The van der Waals surface area contributed by atoms with E-state index in [-0.39, 0.29) is 12.4 Å². The average Bonchev–Trinajstić information content (AvgIpc) is 3.01. The number of ether oxygens (including phenoxy) is 2. The number of thiazole rings is 1. The summed E-state index contributed by atoms with van der Waals surface area (Å²) in [6, 6.07) is 7.72. The fourth-order valence-corrected chi connectivity index (χ4v) is 2.53. The largest absolute Gasteiger partial charge is 0.493 e. The van der Waals surface area contributed by atoms with Gasteiger partial charge in [0.05, 0.1) is 31.5 Å². The van der Waals surface area contributed by atoms with Crippen molar-refractivity contribution in [1.29, 1.82) is 0 Å². The van der Waals surface area contributed by atoms with Crippen molar-refractivity contribution in [2.24, 2.45) is 11.0 Å². The molecule has 0 bridgehead atoms. The van der Waals surface area contributed by atoms with Gasteiger partial charge in [-0.1, -0.05) is 13.8 Å². The van der Waals surface area contributed by atoms with Gasteiger partial charge < -0.3 is 9.47 Å². The minimum absolute atomic E-state index is 0.174. The number of carbonyl (C=O) groups excluding carboxylic acids is 1. The molecule has 0 unspecified atom stereocenters. The molecule has 0 fully saturated rings. The first-order chi connectivity index (χ1) is 12.1. The fourth-order valence-electron chi connectivity index (χ4n) is 1.87. The summed E-state index contributed by atoms with van der Waals surface area (Å²) in [5.41, 5.74) is 4.49. The van der Waals surface area contributed by atoms with Crippen molar-refractivity contribution in [3.05, 3.63) is 40.9 Å². The Morgan fingerprint density at radius 1 is 1.36 bits per heavy atom. The Hall–Kier alpha value is -2.41. The highest BCUT2D eigenvalue weighted by Gasteiger charge is 2.07. The van der Waals surface area contributed by atoms with Gasteiger partial charge in [0, 0.05) is 5.38 Å². The van der Waals surface area contributed by atoms with E-state index in [1.807, 2.05) is 29.6 Å². The smallest absolute Gasteiger partial charge is 0.311 e. The van der Waals surface area contributed by atoms with Gasteiger partial charge in [0.15, 0.2) is 0 Å². The van der Waals surface area contributed by atoms with Crippen LogP contribution in [0.3, 0.4) is 0 Å². The van der Waals surface area contributed by atoms with Crippen LogP contribution in [-0.2, 0) is 16.0 Å². The van der Waals surface area contributed by atoms with E-state index in [0.717, 1.165) is 11.3 Å². The Balaban J connectivity index is 1.82. The van der Waals surface area contributed by atoms with Crippen LogP contribution in [0.2, 0.25) is 0 Å². The Morgan fingerprint density at radius 2 is 2.12 bits per heavy atom. The number of nitrogens with zero attached hydrogens (tertiary/aromatic N) is 2. The molecule has 1 heterocycles. The molecule has 7 heteroatoms. The molecular weight excluding hydrogens is 338 g/mol. The lowest BCUT2D eigenvalue weighted by Gasteiger charge is -2.08. The lowest BCUT2D eigenvalue weighted by atomic mass is 10.2. The second kappa shape index (κ2) is 9.78. The molecule has 0 amide bonds. The number of carbonyl (C=O) groups is 1. The van der Waals surface area contributed by atoms with Crippen LogP contribution >= 0.6 is 11.3 Å². The Labute approximate surface area is 151 Å². The molecule has 0 atom stereocenters. The van der Waals surface area contributed by atoms with E-state index >= 15 is 0 Å². The molecule has 0 saturated heterocycles. The van der Waals surface area contributed by atoms with Gasteiger partial charge in [-0.3, -0.25) is 10.2 Å². The third-order valence-corrected chi connectivity index (χ3v) is 3.82. The summed E-state index contributed by atoms with van der Waals surface area (Å²) in [5.74, 6) is 1.07. The molecule has 1 aromatic carbocycles. The zero-order valence-corrected chi connectivity index (χ0v) is 15.5. The van der Waals surface area contributed by atoms with Crippen LogP contribution in [0.15, 0.2) is 34.7 Å². The summed E-state index contributed by atoms with van der Waals surface area (Å²) >= 11 is 1.39. The first kappa shape index (κ1) is 18.9. The van der Waals surface area contributed by atoms with Gasteiger partial charge in [0.25, 0.3) is 0 Å². The first-order valence-corrected chi connectivity index (χ1v) is 9.06. The summed E-state index contributed by atoms with van der Waals surface area (Å²) in [6.07, 6.45) is 1.88. The molecule has 0 aliphatic rings. The average molecular weight is 361 g/mol. The van der Waals surface area contributed by atoms with Gasteiger partial charge in [-0.2, -0.15) is 5.10 Å². The predicted octanol–water partition coefficient (Wildman–Crippen LogP) is 3.73. The number of aromatic nitrogens is 1. The van der Waals surface area contributed by atoms with Crippen molar-refractivity contribution in [2.75, 3.05) is 18.6 Å². The third-order valence-electron chi connectivity index (χ3n) is 3.02. The van der Waals surface area contributed by atoms with E-state index in [0.29, 0.717) is 30.0 Å². The monoisotopic (exact) mass is 361 g/mol. The second-order valence-corrected chi connectivity index (χ2v) is 6.63. The number of esters is 1. The molecule has 0 aliphatic heterocycles. The molecule has 25 heavy (non-hydrogen) atoms. The standard InChI is InChI=1S/C18H23N3O3S/c1-4-23-17(22)9-15-12-25-18(20-15)21-19-10-14-5-7-16(8-6-14)24-11-13(2)3/h5-8,10,12-13H,4,9,11H2,1-3H3,(H,20,21). The molecule has 0 radical (unpaired) electrons. The van der Waals surface area contributed by atoms with Gasteiger partial charge in [-0.05, 0) is 42.7 Å². The van der Waals surface area contributed by atoms with Gasteiger partial charge in [0.1, 0.15) is 5.75 Å². The van der Waals surface area contributed by atoms with Crippen LogP contribution in [0, 0.1) is 5.92 Å². The molecular formula is C18H23N3O3S. The van der Waals surface area contributed by atoms with E-state index in [9.17, 15) is 4.79 Å². The second-order valence-electron chi connectivity index (χ2n) is 5.77. The molecule has 2 aromatic rings. The van der Waals surface area contributed by atoms with Crippen molar-refractivity contribution >= 4 is 28.7 Å². The zero-order chi connectivity index (χ0) is 18.1. The summed E-state index contributed by atoms with van der Waals surface area (Å²) in [5, 5.41) is 6.61. The minimum Gasteiger partial charge on any atom is -0.493 e. The van der Waals surface area contributed by atoms with Crippen LogP contribution in [-0.4, -0.2) is 30.4 Å². The van der Waals surface area contributed by atoms with Crippen molar-refractivity contribution in [2.45, 2.75) is 27.2 Å². The normalized spacial score (nSPS) is 11.0. The minimum atomic E-state index is -0.275. The van der Waals surface area contributed by atoms with Gasteiger partial charge in [-0.25, -0.2) is 4.98 Å². The van der Waals surface area contributed by atoms with E-state index in [1.54, 1.807) is 13.1 Å². The molecule has 134 valence electrons. The van der Waals surface area contributed by atoms with E-state index in [4.69, 9.17) is 9.47 Å². The zero-order valence-electron chi connectivity index (χ0n) is 14.7. The number of benzene rings is 1. The molecule has 0 saturated carbocycles. The summed E-state index contributed by atoms with van der Waals surface area (Å²) < 4.78 is 10.5. The van der Waals surface area contributed by atoms with Crippen molar-refractivity contribution in [3.63, 3.8) is 0 Å². The Bertz CT molecular complexity index is 696. The summed E-state index contributed by atoms with van der Waals surface area (Å²) in [7, 11) is 0. The maximum atomic E-state index is 11.4. The van der Waals surface area contributed by atoms with Gasteiger partial charge in [-0.15, -0.1) is 11.3 Å². The lowest BCUT2D eigenvalue weighted by Crippen LogP contribution is -2.07. The molecule has 1 aromatic heterocycles. The van der Waals surface area contributed by atoms with Gasteiger partial charge in [0.2, 0.25) is 5.13 Å². The predicted molar refractivity (Wildman–Crippen MR) is 100 cm³/mol. The number of rotatable bonds is 9. The maximum absolute atomic E-state index is 11.4. The highest BCUT2D eigenvalue weighted by Crippen LogP contribution is 2.16. The maximum Gasteiger partial charge on any atom is 0.311 e. The number of nitrogens with one attached hydrogen (secondary N) is 1. The number of hydrazone groups is 1. The van der Waals surface area contributed by atoms with Crippen molar-refractivity contribution in [1.82, 2.24) is 4.98 Å². The van der Waals surface area contributed by atoms with E-state index in [2.05, 4.69) is 29.4 Å². The third kappa shape index (κ3) is 6.93. The van der Waals surface area contributed by atoms with Crippen LogP contribution in [0.4, 0.5) is 5.13 Å². The van der Waals surface area contributed by atoms with E-state index in [1.165, 1.54) is 11.3 Å². The number of hydrogen-bond donors (Lipinski definition) is 1. The highest BCUT2D eigenvalue weighted by molar-refractivity contribution is 7.13. The summed E-state index contributed by atoms with van der Waals surface area (Å²) in [4.78, 5) is 15.7. The van der Waals surface area contributed by atoms with E-state index < -0.39 is 0 Å². The molecule has 0 spiro atoms. The SMILES string of the molecule is CCOC(=O)Cc1csc(NN=Cc2ccc(OCC(C)C)cc2)n1. The highest BCUT2D eigenvalue weighted by atomic mass is 32.1. The summed E-state index contributed by atoms with van der Waals surface area (Å²) in [6.45, 7) is 7.09. The Kier molecular flexibility index (Phi) is 7.40. The topological polar surface area (TPSA) is 72.8 Å². The molecule has 6 nitrogen and oxygen atoms in total. The lowest BCUT2D eigenvalue weighted by molar-refractivity contribution is -0.142. The van der Waals surface area contributed by atoms with Crippen molar-refractivity contribution < 1.29 is 14.3 Å². The molecule has 1 N–H and O–H groups in total. The molecule has 2 rings (SSSR count). The quantitative estimate of drug-likeness (QED) is 0.418. The van der Waals surface area contributed by atoms with Crippen LogP contribution in [0.25, 0.3) is 0 Å². The molecule has 0 aliphatic carbocycles. The fraction of sp³-hybridized carbons (Fsp3) is 0.389. The number of hydrogen-bond acceptors (Lipinski definition) is 7. The van der Waals surface area contributed by atoms with Crippen LogP contribution < -0.4 is 10.2 Å². The van der Waals surface area contributed by atoms with Crippen LogP contribution in [0.1, 0.15) is 32.0 Å². The van der Waals surface area contributed by atoms with Crippen LogP contribution in [0.5, 0.6) is 5.75 Å². The van der Waals surface area contributed by atoms with Crippen molar-refractivity contribution in [3.8, 4) is 5.75 Å². The Morgan fingerprint density at radius 3 is 2.80 bits per heavy atom. The first-order valence-electron chi connectivity index (χ1n) is 8.18. The number of anilines is 1.